The van der Waals surface area contributed by atoms with Crippen LogP contribution in [0.25, 0.3) is 121 Å². The molecule has 0 N–H and O–H groups in total. The Balaban J connectivity index is 1.10. The van der Waals surface area contributed by atoms with Crippen molar-refractivity contribution in [2.24, 2.45) is 0 Å². The molecule has 13 rings (SSSR count). The Morgan fingerprint density at radius 1 is 0.358 bits per heavy atom. The van der Waals surface area contributed by atoms with Crippen molar-refractivity contribution in [1.82, 2.24) is 14.1 Å². The predicted molar refractivity (Wildman–Crippen MR) is 215 cm³/mol. The van der Waals surface area contributed by atoms with Gasteiger partial charge in [-0.2, -0.15) is 0 Å². The lowest BCUT2D eigenvalue weighted by molar-refractivity contribution is 0.668. The molecule has 6 aromatic heterocycles. The van der Waals surface area contributed by atoms with E-state index in [0.29, 0.717) is 0 Å². The second-order valence-corrected chi connectivity index (χ2v) is 13.9. The highest BCUT2D eigenvalue weighted by molar-refractivity contribution is 6.29. The monoisotopic (exact) mass is 679 g/mol. The van der Waals surface area contributed by atoms with Gasteiger partial charge in [-0.1, -0.05) is 54.6 Å². The van der Waals surface area contributed by atoms with Crippen molar-refractivity contribution in [3.63, 3.8) is 0 Å². The number of hydrogen-bond donors (Lipinski definition) is 0. The molecule has 6 nitrogen and oxygen atoms in total. The molecule has 0 bridgehead atoms. The highest BCUT2D eigenvalue weighted by Crippen LogP contribution is 2.45. The quantitative estimate of drug-likeness (QED) is 0.182. The Bertz CT molecular complexity index is 3460. The molecule has 246 valence electrons. The number of nitrogens with zero attached hydrogens (tertiary/aromatic N) is 3. The lowest BCUT2D eigenvalue weighted by atomic mass is 10.1. The topological polar surface area (TPSA) is 62.2 Å². The summed E-state index contributed by atoms with van der Waals surface area (Å²) in [6.45, 7) is 0. The van der Waals surface area contributed by atoms with E-state index < -0.39 is 0 Å². The molecule has 6 heteroatoms. The molecule has 0 aliphatic heterocycles. The minimum absolute atomic E-state index is 0.786. The van der Waals surface area contributed by atoms with Crippen molar-refractivity contribution in [2.75, 3.05) is 0 Å². The Hall–Kier alpha value is -7.31. The maximum absolute atomic E-state index is 7.16. The van der Waals surface area contributed by atoms with Gasteiger partial charge in [-0.3, -0.25) is 4.98 Å². The summed E-state index contributed by atoms with van der Waals surface area (Å²) >= 11 is 0. The number of furan rings is 3. The van der Waals surface area contributed by atoms with E-state index >= 15 is 0 Å². The lowest BCUT2D eigenvalue weighted by Gasteiger charge is -2.08. The van der Waals surface area contributed by atoms with E-state index in [-0.39, 0.29) is 0 Å². The van der Waals surface area contributed by atoms with Crippen molar-refractivity contribution in [3.8, 4) is 11.4 Å². The molecule has 0 saturated carbocycles. The summed E-state index contributed by atoms with van der Waals surface area (Å²) in [6, 6.07) is 51.1. The largest absolute Gasteiger partial charge is 0.456 e. The van der Waals surface area contributed by atoms with Gasteiger partial charge in [0, 0.05) is 55.3 Å². The van der Waals surface area contributed by atoms with Gasteiger partial charge < -0.3 is 22.4 Å². The van der Waals surface area contributed by atoms with E-state index in [4.69, 9.17) is 13.3 Å². The van der Waals surface area contributed by atoms with E-state index in [0.717, 1.165) is 121 Å². The molecule has 53 heavy (non-hydrogen) atoms. The van der Waals surface area contributed by atoms with E-state index in [1.807, 2.05) is 36.5 Å². The Morgan fingerprint density at radius 3 is 1.57 bits per heavy atom. The van der Waals surface area contributed by atoms with Crippen LogP contribution in [0.3, 0.4) is 0 Å². The number of aromatic nitrogens is 3. The molecule has 0 radical (unpaired) electrons. The van der Waals surface area contributed by atoms with Crippen LogP contribution in [0.4, 0.5) is 0 Å². The van der Waals surface area contributed by atoms with Crippen molar-refractivity contribution < 1.29 is 13.3 Å². The van der Waals surface area contributed by atoms with Crippen LogP contribution in [-0.2, 0) is 0 Å². The normalized spacial score (nSPS) is 12.5. The molecule has 0 saturated heterocycles. The minimum atomic E-state index is 0.786. The Morgan fingerprint density at radius 2 is 0.887 bits per heavy atom. The maximum Gasteiger partial charge on any atom is 0.153 e. The fraction of sp³-hybridized carbons (Fsp3) is 0. The second-order valence-electron chi connectivity index (χ2n) is 13.9. The number of rotatable bonds is 2. The third kappa shape index (κ3) is 3.49. The van der Waals surface area contributed by atoms with Gasteiger partial charge >= 0.3 is 0 Å². The van der Waals surface area contributed by atoms with E-state index in [1.54, 1.807) is 0 Å². The average molecular weight is 680 g/mol. The Kier molecular flexibility index (Phi) is 5.03. The molecule has 0 aliphatic carbocycles. The summed E-state index contributed by atoms with van der Waals surface area (Å²) in [5.41, 5.74) is 12.6. The summed E-state index contributed by atoms with van der Waals surface area (Å²) in [5.74, 6) is 0. The molecule has 7 aromatic carbocycles. The van der Waals surface area contributed by atoms with Crippen molar-refractivity contribution in [3.05, 3.63) is 152 Å². The van der Waals surface area contributed by atoms with Crippen LogP contribution < -0.4 is 0 Å². The van der Waals surface area contributed by atoms with Gasteiger partial charge in [0.2, 0.25) is 0 Å². The molecule has 0 amide bonds. The zero-order valence-electron chi connectivity index (χ0n) is 28.0. The molecular weight excluding hydrogens is 655 g/mol. The van der Waals surface area contributed by atoms with Crippen LogP contribution in [0.2, 0.25) is 0 Å². The predicted octanol–water partition coefficient (Wildman–Crippen LogP) is 13.0. The summed E-state index contributed by atoms with van der Waals surface area (Å²) in [5, 5.41) is 9.90. The smallest absolute Gasteiger partial charge is 0.153 e. The first-order chi connectivity index (χ1) is 26.3. The van der Waals surface area contributed by atoms with Gasteiger partial charge in [0.15, 0.2) is 5.58 Å². The molecule has 6 heterocycles. The molecule has 0 fully saturated rings. The van der Waals surface area contributed by atoms with Gasteiger partial charge in [0.1, 0.15) is 33.4 Å². The maximum atomic E-state index is 7.16. The number of benzene rings is 7. The zero-order valence-corrected chi connectivity index (χ0v) is 28.0. The summed E-state index contributed by atoms with van der Waals surface area (Å²) in [7, 11) is 0. The van der Waals surface area contributed by atoms with Crippen LogP contribution in [0, 0.1) is 0 Å². The first-order valence-electron chi connectivity index (χ1n) is 17.8. The fourth-order valence-electron chi connectivity index (χ4n) is 8.93. The van der Waals surface area contributed by atoms with Gasteiger partial charge in [-0.05, 0) is 91.0 Å². The van der Waals surface area contributed by atoms with E-state index in [2.05, 4.69) is 129 Å². The molecular formula is C47H25N3O3. The van der Waals surface area contributed by atoms with Crippen molar-refractivity contribution >= 4 is 110 Å². The third-order valence-electron chi connectivity index (χ3n) is 11.2. The van der Waals surface area contributed by atoms with Crippen LogP contribution >= 0.6 is 0 Å². The second kappa shape index (κ2) is 9.72. The number of hydrogen-bond acceptors (Lipinski definition) is 4. The van der Waals surface area contributed by atoms with E-state index in [9.17, 15) is 0 Å². The average Bonchev–Trinajstić information content (AvgIpc) is 4.01. The summed E-state index contributed by atoms with van der Waals surface area (Å²) in [6.07, 6.45) is 1.82. The minimum Gasteiger partial charge on any atom is -0.456 e. The highest BCUT2D eigenvalue weighted by Gasteiger charge is 2.23. The molecule has 0 atom stereocenters. The SMILES string of the molecule is c1ccc2c(c1)oc1ccc(-n3c4ccccc4c4c5oc6c(ccc7c6c6ccccc6n7-c6ccc7oc8cccnc8c7c6)c5ccc43)cc12. The molecule has 0 spiro atoms. The fourth-order valence-corrected chi connectivity index (χ4v) is 8.93. The van der Waals surface area contributed by atoms with Gasteiger partial charge in [0.25, 0.3) is 0 Å². The highest BCUT2D eigenvalue weighted by atomic mass is 16.3. The first-order valence-corrected chi connectivity index (χ1v) is 17.8. The molecule has 0 aliphatic rings. The van der Waals surface area contributed by atoms with Gasteiger partial charge in [0.05, 0.1) is 32.8 Å². The standard InChI is InChI=1S/C47H25N3O3/c1-4-11-35-31(9-1)43-37(49(35)26-15-21-40-33(24-26)28-8-3-6-13-39(28)51-40)19-17-29-30-18-20-38-44(47(30)53-46(29)43)32-10-2-5-12-36(32)50(38)27-16-22-41-34(25-27)45-42(52-41)14-7-23-48-45/h1-25H. The van der Waals surface area contributed by atoms with Gasteiger partial charge in [-0.25, -0.2) is 0 Å². The number of pyridine rings is 1. The van der Waals surface area contributed by atoms with E-state index in [1.165, 1.54) is 0 Å². The Labute approximate surface area is 299 Å². The summed E-state index contributed by atoms with van der Waals surface area (Å²) in [4.78, 5) is 4.65. The number of para-hydroxylation sites is 3. The van der Waals surface area contributed by atoms with Crippen molar-refractivity contribution in [1.29, 1.82) is 0 Å². The van der Waals surface area contributed by atoms with Gasteiger partial charge in [-0.15, -0.1) is 0 Å². The summed E-state index contributed by atoms with van der Waals surface area (Å²) < 4.78 is 24.2. The third-order valence-corrected chi connectivity index (χ3v) is 11.2. The molecule has 13 aromatic rings. The van der Waals surface area contributed by atoms with Crippen LogP contribution in [0.1, 0.15) is 0 Å². The van der Waals surface area contributed by atoms with Crippen molar-refractivity contribution in [2.45, 2.75) is 0 Å². The zero-order chi connectivity index (χ0) is 34.4. The lowest BCUT2D eigenvalue weighted by Crippen LogP contribution is -1.93. The molecule has 0 unspecified atom stereocenters. The van der Waals surface area contributed by atoms with Crippen LogP contribution in [-0.4, -0.2) is 14.1 Å². The first kappa shape index (κ1) is 27.4. The number of fused-ring (bicyclic) bond motifs is 17. The van der Waals surface area contributed by atoms with Crippen LogP contribution in [0.15, 0.2) is 165 Å². The van der Waals surface area contributed by atoms with Crippen LogP contribution in [0.5, 0.6) is 0 Å².